The monoisotopic (exact) mass is 664 g/mol. The molecule has 7 heterocycles. The molecule has 0 saturated carbocycles. The van der Waals surface area contributed by atoms with E-state index in [1.54, 1.807) is 32.8 Å². The predicted octanol–water partition coefficient (Wildman–Crippen LogP) is 6.11. The zero-order valence-corrected chi connectivity index (χ0v) is 28.6. The van der Waals surface area contributed by atoms with E-state index in [-0.39, 0.29) is 11.8 Å². The average molecular weight is 665 g/mol. The zero-order valence-electron chi connectivity index (χ0n) is 28.6. The molecule has 0 aliphatic carbocycles. The zero-order chi connectivity index (χ0) is 34.7. The van der Waals surface area contributed by atoms with Gasteiger partial charge in [0.05, 0.1) is 41.6 Å². The minimum absolute atomic E-state index is 0.175. The molecule has 2 N–H and O–H groups in total. The molecular formula is C36H40N8O5. The number of carbonyl (C=O) groups is 2. The molecule has 8 rings (SSSR count). The topological polar surface area (TPSA) is 154 Å². The molecule has 0 unspecified atom stereocenters. The minimum Gasteiger partial charge on any atom is -0.469 e. The largest absolute Gasteiger partial charge is 0.469 e. The van der Waals surface area contributed by atoms with E-state index >= 15 is 0 Å². The second kappa shape index (κ2) is 14.2. The highest BCUT2D eigenvalue weighted by molar-refractivity contribution is 6.20. The summed E-state index contributed by atoms with van der Waals surface area (Å²) in [5.41, 5.74) is 5.32. The van der Waals surface area contributed by atoms with Gasteiger partial charge in [0.1, 0.15) is 41.6 Å². The summed E-state index contributed by atoms with van der Waals surface area (Å²) in [7, 11) is 0. The fourth-order valence-electron chi connectivity index (χ4n) is 5.94. The summed E-state index contributed by atoms with van der Waals surface area (Å²) in [5.74, 6) is 4.02. The van der Waals surface area contributed by atoms with E-state index < -0.39 is 0 Å². The Hall–Kier alpha value is -5.72. The molecule has 0 radical (unpaired) electrons. The van der Waals surface area contributed by atoms with Gasteiger partial charge in [0.25, 0.3) is 11.8 Å². The molecule has 254 valence electrons. The van der Waals surface area contributed by atoms with Crippen molar-refractivity contribution >= 4 is 53.6 Å². The molecule has 3 aromatic heterocycles. The summed E-state index contributed by atoms with van der Waals surface area (Å²) in [6.45, 7) is 15.0. The van der Waals surface area contributed by atoms with Gasteiger partial charge in [-0.3, -0.25) is 19.6 Å². The maximum absolute atomic E-state index is 12.9. The van der Waals surface area contributed by atoms with E-state index in [4.69, 9.17) is 13.3 Å². The minimum atomic E-state index is -0.196. The Balaban J connectivity index is 0.000000162. The number of fused-ring (bicyclic) bond motifs is 6. The van der Waals surface area contributed by atoms with Gasteiger partial charge in [-0.15, -0.1) is 0 Å². The third kappa shape index (κ3) is 6.56. The van der Waals surface area contributed by atoms with Crippen molar-refractivity contribution in [3.63, 3.8) is 0 Å². The van der Waals surface area contributed by atoms with Crippen LogP contribution in [-0.2, 0) is 6.42 Å². The number of hydrogen-bond donors (Lipinski definition) is 2. The lowest BCUT2D eigenvalue weighted by Gasteiger charge is -2.18. The van der Waals surface area contributed by atoms with Crippen LogP contribution >= 0.6 is 0 Å². The highest BCUT2D eigenvalue weighted by atomic mass is 16.4. The quantitative estimate of drug-likeness (QED) is 0.252. The number of carbonyl (C=O) groups excluding carboxylic acids is 2. The first-order chi connectivity index (χ1) is 23.8. The van der Waals surface area contributed by atoms with Crippen molar-refractivity contribution in [2.45, 2.75) is 48.0 Å². The van der Waals surface area contributed by atoms with Gasteiger partial charge >= 0.3 is 0 Å². The fourth-order valence-corrected chi connectivity index (χ4v) is 5.94. The van der Waals surface area contributed by atoms with E-state index in [0.717, 1.165) is 47.3 Å². The number of benzene rings is 1. The van der Waals surface area contributed by atoms with Crippen LogP contribution in [-0.4, -0.2) is 78.7 Å². The van der Waals surface area contributed by atoms with Gasteiger partial charge in [0.15, 0.2) is 0 Å². The van der Waals surface area contributed by atoms with E-state index in [1.807, 2.05) is 67.8 Å². The van der Waals surface area contributed by atoms with Crippen LogP contribution in [0.3, 0.4) is 0 Å². The van der Waals surface area contributed by atoms with Crippen LogP contribution in [0.25, 0.3) is 0 Å². The van der Waals surface area contributed by atoms with Gasteiger partial charge in [0.2, 0.25) is 11.8 Å². The molecule has 13 nitrogen and oxygen atoms in total. The van der Waals surface area contributed by atoms with Gasteiger partial charge in [0, 0.05) is 31.7 Å². The molecule has 4 aliphatic rings. The summed E-state index contributed by atoms with van der Waals surface area (Å²) >= 11 is 0. The molecule has 0 saturated heterocycles. The summed E-state index contributed by atoms with van der Waals surface area (Å²) in [4.78, 5) is 47.0. The first-order valence-electron chi connectivity index (χ1n) is 16.5. The van der Waals surface area contributed by atoms with Crippen LogP contribution in [0, 0.1) is 27.7 Å². The molecular weight excluding hydrogens is 624 g/mol. The number of furan rings is 3. The van der Waals surface area contributed by atoms with Crippen LogP contribution in [0.1, 0.15) is 74.1 Å². The number of hydrogen-bond acceptors (Lipinski definition) is 11. The van der Waals surface area contributed by atoms with Crippen molar-refractivity contribution < 1.29 is 22.8 Å². The number of aryl methyl sites for hydroxylation is 4. The summed E-state index contributed by atoms with van der Waals surface area (Å²) in [5, 5.41) is 5.91. The molecule has 13 heteroatoms. The first-order valence-corrected chi connectivity index (χ1v) is 16.5. The second-order valence-corrected chi connectivity index (χ2v) is 11.6. The lowest BCUT2D eigenvalue weighted by atomic mass is 10.1. The predicted molar refractivity (Wildman–Crippen MR) is 189 cm³/mol. The van der Waals surface area contributed by atoms with Crippen LogP contribution in [0.2, 0.25) is 0 Å². The Bertz CT molecular complexity index is 2000. The van der Waals surface area contributed by atoms with E-state index in [0.29, 0.717) is 71.6 Å². The standard InChI is InChI=1S/C18H18N4O2.C16H16N4O3.C2H6/c1-10-4-5-11(2)13(8-10)21-17(23)14-12(3)24-18-15(14)16-19-6-7-22(16)9-20-18;1-10-12(15(21)18-5-4-11-3-2-8-22-11)13-14-17-6-7-20(14)9-19-16(13)23-10;1-2/h4-5,8-9H,6-7H2,1-3H3,(H,21,23);2-3,8-9H,4-7H2,1H3,(H,18,21);1-2H3. The Morgan fingerprint density at radius 2 is 1.41 bits per heavy atom. The molecule has 0 bridgehead atoms. The van der Waals surface area contributed by atoms with Crippen LogP contribution in [0.5, 0.6) is 0 Å². The first kappa shape index (κ1) is 33.2. The maximum Gasteiger partial charge on any atom is 0.260 e. The maximum atomic E-state index is 12.9. The van der Waals surface area contributed by atoms with Crippen molar-refractivity contribution in [1.29, 1.82) is 0 Å². The Kier molecular flexibility index (Phi) is 9.61. The number of amides is 2. The number of nitrogens with one attached hydrogen (secondary N) is 2. The molecule has 2 amide bonds. The van der Waals surface area contributed by atoms with Crippen molar-refractivity contribution in [2.24, 2.45) is 20.0 Å². The van der Waals surface area contributed by atoms with Crippen molar-refractivity contribution in [1.82, 2.24) is 15.1 Å². The Labute approximate surface area is 284 Å². The van der Waals surface area contributed by atoms with Gasteiger partial charge in [-0.2, -0.15) is 0 Å². The number of nitrogens with zero attached hydrogens (tertiary/aromatic N) is 6. The highest BCUT2D eigenvalue weighted by Crippen LogP contribution is 2.36. The molecule has 49 heavy (non-hydrogen) atoms. The summed E-state index contributed by atoms with van der Waals surface area (Å²) in [6.07, 6.45) is 5.68. The van der Waals surface area contributed by atoms with Crippen molar-refractivity contribution in [3.8, 4) is 0 Å². The lowest BCUT2D eigenvalue weighted by Crippen LogP contribution is -2.32. The Morgan fingerprint density at radius 1 is 0.816 bits per heavy atom. The molecule has 1 aromatic carbocycles. The van der Waals surface area contributed by atoms with E-state index in [2.05, 4.69) is 30.6 Å². The number of amidine groups is 2. The van der Waals surface area contributed by atoms with Crippen LogP contribution in [0.15, 0.2) is 69.8 Å². The van der Waals surface area contributed by atoms with Gasteiger partial charge in [-0.25, -0.2) is 9.98 Å². The number of anilines is 1. The number of aliphatic imine (C=N–C) groups is 4. The van der Waals surface area contributed by atoms with Gasteiger partial charge < -0.3 is 33.7 Å². The smallest absolute Gasteiger partial charge is 0.260 e. The third-order valence-corrected chi connectivity index (χ3v) is 8.29. The second-order valence-electron chi connectivity index (χ2n) is 11.6. The normalized spacial score (nSPS) is 14.7. The van der Waals surface area contributed by atoms with Crippen LogP contribution < -0.4 is 10.6 Å². The summed E-state index contributed by atoms with van der Waals surface area (Å²) in [6, 6.07) is 9.70. The summed E-state index contributed by atoms with van der Waals surface area (Å²) < 4.78 is 16.6. The number of rotatable bonds is 6. The Morgan fingerprint density at radius 3 is 1.98 bits per heavy atom. The lowest BCUT2D eigenvalue weighted by molar-refractivity contribution is 0.0951. The fraction of sp³-hybridized carbons (Fsp3) is 0.333. The van der Waals surface area contributed by atoms with E-state index in [1.165, 1.54) is 0 Å². The average Bonchev–Trinajstić information content (AvgIpc) is 3.93. The molecule has 4 aromatic rings. The molecule has 0 spiro atoms. The van der Waals surface area contributed by atoms with Gasteiger partial charge in [-0.1, -0.05) is 26.0 Å². The SMILES string of the molecule is CC.Cc1ccc(C)c(NC(=O)c2c(C)oc3c2C2=NCCN2C=N3)c1.Cc1oc2c(c1C(=O)NCCc1ccco1)C1=NCCN1C=N2. The van der Waals surface area contributed by atoms with E-state index in [9.17, 15) is 9.59 Å². The molecule has 0 fully saturated rings. The highest BCUT2D eigenvalue weighted by Gasteiger charge is 2.35. The third-order valence-electron chi connectivity index (χ3n) is 8.29. The van der Waals surface area contributed by atoms with Crippen molar-refractivity contribution in [2.75, 3.05) is 38.0 Å². The van der Waals surface area contributed by atoms with Crippen LogP contribution in [0.4, 0.5) is 17.5 Å². The van der Waals surface area contributed by atoms with Crippen molar-refractivity contribution in [3.05, 3.63) is 87.3 Å². The molecule has 4 aliphatic heterocycles. The molecule has 0 atom stereocenters. The van der Waals surface area contributed by atoms with Gasteiger partial charge in [-0.05, 0) is 57.0 Å².